The van der Waals surface area contributed by atoms with Crippen LogP contribution in [-0.4, -0.2) is 45.5 Å². The second kappa shape index (κ2) is 9.72. The number of nitrogens with zero attached hydrogens (tertiary/aromatic N) is 3. The molecular weight excluding hydrogens is 484 g/mol. The molecule has 13 heteroatoms. The highest BCUT2D eigenvalue weighted by Gasteiger charge is 2.40. The molecule has 1 fully saturated rings. The van der Waals surface area contributed by atoms with Crippen LogP contribution in [0, 0.1) is 5.82 Å². The fourth-order valence-corrected chi connectivity index (χ4v) is 4.73. The molecule has 2 N–H and O–H groups in total. The molecule has 1 aromatic carbocycles. The average Bonchev–Trinajstić information content (AvgIpc) is 3.20. The largest absolute Gasteiger partial charge is 0.429 e. The number of halogens is 6. The Morgan fingerprint density at radius 3 is 2.53 bits per heavy atom. The smallest absolute Gasteiger partial charge is 0.361 e. The molecule has 0 spiro atoms. The van der Waals surface area contributed by atoms with Gasteiger partial charge in [0.15, 0.2) is 0 Å². The Morgan fingerprint density at radius 1 is 1.24 bits per heavy atom. The molecule has 4 rings (SSSR count). The number of nitrogens with one attached hydrogen (secondary N) is 2. The molecule has 1 aromatic heterocycles. The minimum absolute atomic E-state index is 0.0174. The lowest BCUT2D eigenvalue weighted by Crippen LogP contribution is -2.49. The van der Waals surface area contributed by atoms with E-state index < -0.39 is 30.4 Å². The van der Waals surface area contributed by atoms with Crippen LogP contribution in [0.5, 0.6) is 0 Å². The van der Waals surface area contributed by atoms with Crippen LogP contribution in [0.3, 0.4) is 0 Å². The van der Waals surface area contributed by atoms with Crippen molar-refractivity contribution < 1.29 is 31.1 Å². The van der Waals surface area contributed by atoms with Gasteiger partial charge in [0, 0.05) is 34.1 Å². The Hall–Kier alpha value is -2.96. The van der Waals surface area contributed by atoms with Crippen molar-refractivity contribution in [2.75, 3.05) is 0 Å². The van der Waals surface area contributed by atoms with Gasteiger partial charge >= 0.3 is 6.18 Å². The first-order valence-electron chi connectivity index (χ1n) is 10.2. The number of carbonyl (C=O) groups excluding carboxylic acids is 1. The predicted octanol–water partition coefficient (Wildman–Crippen LogP) is 4.30. The normalized spacial score (nSPS) is 22.2. The number of aliphatic imine (C=N–C) groups is 1. The van der Waals surface area contributed by atoms with Crippen molar-refractivity contribution in [1.29, 1.82) is 0 Å². The summed E-state index contributed by atoms with van der Waals surface area (Å²) in [5.74, 6) is -0.818. The summed E-state index contributed by atoms with van der Waals surface area (Å²) in [7, 11) is 0. The van der Waals surface area contributed by atoms with Gasteiger partial charge in [-0.1, -0.05) is 0 Å². The van der Waals surface area contributed by atoms with E-state index in [4.69, 9.17) is 0 Å². The molecule has 2 aromatic rings. The number of amides is 1. The Labute approximate surface area is 194 Å². The molecule has 1 aliphatic heterocycles. The summed E-state index contributed by atoms with van der Waals surface area (Å²) < 4.78 is 79.1. The highest BCUT2D eigenvalue weighted by Crippen LogP contribution is 2.37. The van der Waals surface area contributed by atoms with Gasteiger partial charge in [-0.05, 0) is 37.1 Å². The Bertz CT molecular complexity index is 1100. The van der Waals surface area contributed by atoms with Crippen molar-refractivity contribution in [3.05, 3.63) is 53.7 Å². The molecular formula is C21H19F6N5OS. The molecule has 2 aliphatic rings. The first kappa shape index (κ1) is 24.2. The number of thioether (sulfide) groups is 1. The summed E-state index contributed by atoms with van der Waals surface area (Å²) in [5, 5.41) is 8.68. The highest BCUT2D eigenvalue weighted by molar-refractivity contribution is 8.00. The van der Waals surface area contributed by atoms with Gasteiger partial charge in [0.05, 0.1) is 18.3 Å². The predicted molar refractivity (Wildman–Crippen MR) is 114 cm³/mol. The van der Waals surface area contributed by atoms with Crippen LogP contribution in [0.25, 0.3) is 5.70 Å². The third-order valence-corrected chi connectivity index (χ3v) is 6.77. The maximum absolute atomic E-state index is 13.5. The van der Waals surface area contributed by atoms with Gasteiger partial charge < -0.3 is 10.6 Å². The fourth-order valence-electron chi connectivity index (χ4n) is 3.47. The van der Waals surface area contributed by atoms with Crippen LogP contribution in [0.15, 0.2) is 46.6 Å². The lowest BCUT2D eigenvalue weighted by Gasteiger charge is -2.36. The molecule has 1 aliphatic carbocycles. The number of hydrogen-bond acceptors (Lipinski definition) is 5. The molecule has 3 atom stereocenters. The van der Waals surface area contributed by atoms with Gasteiger partial charge in [-0.25, -0.2) is 17.9 Å². The maximum Gasteiger partial charge on any atom is 0.429 e. The van der Waals surface area contributed by atoms with Crippen LogP contribution in [0.4, 0.5) is 26.3 Å². The van der Waals surface area contributed by atoms with Gasteiger partial charge in [0.1, 0.15) is 11.5 Å². The van der Waals surface area contributed by atoms with Gasteiger partial charge in [0.2, 0.25) is 12.1 Å². The molecule has 3 unspecified atom stereocenters. The number of rotatable bonds is 7. The number of allylic oxidation sites excluding steroid dienone is 1. The summed E-state index contributed by atoms with van der Waals surface area (Å²) in [4.78, 5) is 16.7. The zero-order chi connectivity index (χ0) is 24.5. The maximum atomic E-state index is 13.5. The minimum atomic E-state index is -4.60. The summed E-state index contributed by atoms with van der Waals surface area (Å²) in [6.07, 6.45) is -5.48. The average molecular weight is 503 g/mol. The van der Waals surface area contributed by atoms with Gasteiger partial charge in [-0.3, -0.25) is 9.79 Å². The topological polar surface area (TPSA) is 71.3 Å². The molecule has 182 valence electrons. The van der Waals surface area contributed by atoms with Gasteiger partial charge in [-0.15, -0.1) is 11.8 Å². The van der Waals surface area contributed by atoms with E-state index in [1.807, 2.05) is 5.32 Å². The molecule has 2 heterocycles. The minimum Gasteiger partial charge on any atom is -0.361 e. The number of hydrogen-bond donors (Lipinski definition) is 2. The molecule has 0 bridgehead atoms. The van der Waals surface area contributed by atoms with Crippen LogP contribution >= 0.6 is 11.8 Å². The van der Waals surface area contributed by atoms with Crippen molar-refractivity contribution in [3.8, 4) is 0 Å². The van der Waals surface area contributed by atoms with E-state index in [9.17, 15) is 31.1 Å². The van der Waals surface area contributed by atoms with Crippen molar-refractivity contribution in [1.82, 2.24) is 20.4 Å². The van der Waals surface area contributed by atoms with E-state index >= 15 is 0 Å². The van der Waals surface area contributed by atoms with E-state index in [-0.39, 0.29) is 34.8 Å². The summed E-state index contributed by atoms with van der Waals surface area (Å²) in [6, 6.07) is 5.84. The number of alkyl halides is 5. The fraction of sp³-hybridized carbons (Fsp3) is 0.381. The molecule has 1 saturated carbocycles. The zero-order valence-electron chi connectivity index (χ0n) is 17.4. The Balaban J connectivity index is 1.39. The lowest BCUT2D eigenvalue weighted by atomic mass is 9.92. The second-order valence-electron chi connectivity index (χ2n) is 7.78. The third kappa shape index (κ3) is 5.57. The van der Waals surface area contributed by atoms with Crippen molar-refractivity contribution >= 4 is 29.6 Å². The Kier molecular flexibility index (Phi) is 6.91. The summed E-state index contributed by atoms with van der Waals surface area (Å²) in [5.41, 5.74) is -0.654. The quantitative estimate of drug-likeness (QED) is 0.553. The van der Waals surface area contributed by atoms with Crippen molar-refractivity contribution in [2.24, 2.45) is 4.99 Å². The monoisotopic (exact) mass is 503 g/mol. The second-order valence-corrected chi connectivity index (χ2v) is 9.09. The zero-order valence-corrected chi connectivity index (χ0v) is 18.2. The van der Waals surface area contributed by atoms with Crippen LogP contribution in [0.2, 0.25) is 0 Å². The van der Waals surface area contributed by atoms with E-state index in [1.165, 1.54) is 30.1 Å². The molecule has 0 saturated heterocycles. The van der Waals surface area contributed by atoms with Crippen LogP contribution in [0.1, 0.15) is 30.5 Å². The Morgan fingerprint density at radius 2 is 1.97 bits per heavy atom. The van der Waals surface area contributed by atoms with Crippen LogP contribution < -0.4 is 10.6 Å². The van der Waals surface area contributed by atoms with E-state index in [0.29, 0.717) is 0 Å². The number of benzene rings is 1. The number of aromatic nitrogens is 2. The van der Waals surface area contributed by atoms with Crippen molar-refractivity contribution in [2.45, 2.75) is 54.2 Å². The molecule has 6 nitrogen and oxygen atoms in total. The van der Waals surface area contributed by atoms with E-state index in [1.54, 1.807) is 12.1 Å². The van der Waals surface area contributed by atoms with E-state index in [2.05, 4.69) is 15.4 Å². The van der Waals surface area contributed by atoms with Crippen LogP contribution in [-0.2, 0) is 11.2 Å². The standard InChI is InChI=1S/C21H19F6N5OS/c22-12-1-3-14(4-2-12)34-16-6-5-15(16)30-17(33)7-11-10-32(31-18(11)19(23)24)13-8-28-20(29-9-13)21(25,26)27/h1-4,8-10,15-16,19-20,28H,5-7H2,(H,30,33). The first-order valence-corrected chi connectivity index (χ1v) is 11.1. The molecule has 1 amide bonds. The molecule has 34 heavy (non-hydrogen) atoms. The molecule has 0 radical (unpaired) electrons. The lowest BCUT2D eigenvalue weighted by molar-refractivity contribution is -0.151. The van der Waals surface area contributed by atoms with E-state index in [0.717, 1.165) is 34.8 Å². The summed E-state index contributed by atoms with van der Waals surface area (Å²) >= 11 is 1.50. The van der Waals surface area contributed by atoms with Gasteiger partial charge in [0.25, 0.3) is 6.43 Å². The van der Waals surface area contributed by atoms with Gasteiger partial charge in [-0.2, -0.15) is 18.3 Å². The highest BCUT2D eigenvalue weighted by atomic mass is 32.2. The number of carbonyl (C=O) groups is 1. The first-order chi connectivity index (χ1) is 16.1. The summed E-state index contributed by atoms with van der Waals surface area (Å²) in [6.45, 7) is 0. The third-order valence-electron chi connectivity index (χ3n) is 5.36. The SMILES string of the molecule is O=C(Cc1cn(C2=CNC(C(F)(F)F)N=C2)nc1C(F)F)NC1CCC1Sc1ccc(F)cc1. The van der Waals surface area contributed by atoms with Crippen molar-refractivity contribution in [3.63, 3.8) is 0 Å².